The van der Waals surface area contributed by atoms with Crippen molar-refractivity contribution < 1.29 is 0 Å². The summed E-state index contributed by atoms with van der Waals surface area (Å²) in [6.07, 6.45) is 4.85. The lowest BCUT2D eigenvalue weighted by Crippen LogP contribution is -2.55. The van der Waals surface area contributed by atoms with Gasteiger partial charge in [0.15, 0.2) is 0 Å². The molecule has 2 nitrogen and oxygen atoms in total. The van der Waals surface area contributed by atoms with E-state index in [9.17, 15) is 0 Å². The van der Waals surface area contributed by atoms with E-state index in [-0.39, 0.29) is 6.71 Å². The molecule has 4 aliphatic rings. The highest BCUT2D eigenvalue weighted by atomic mass is 15.2. The van der Waals surface area contributed by atoms with Crippen molar-refractivity contribution in [1.82, 2.24) is 0 Å². The van der Waals surface area contributed by atoms with Crippen LogP contribution in [-0.4, -0.2) is 6.71 Å². The summed E-state index contributed by atoms with van der Waals surface area (Å²) in [5, 5.41) is 0. The van der Waals surface area contributed by atoms with Crippen molar-refractivity contribution in [2.75, 3.05) is 9.80 Å². The first-order valence-corrected chi connectivity index (χ1v) is 12.8. The molecule has 8 rings (SSSR count). The van der Waals surface area contributed by atoms with E-state index in [1.165, 1.54) is 64.3 Å². The van der Waals surface area contributed by atoms with Crippen LogP contribution in [-0.2, 0) is 0 Å². The molecule has 166 valence electrons. The molecule has 0 amide bonds. The van der Waals surface area contributed by atoms with Crippen molar-refractivity contribution in [2.24, 2.45) is 0 Å². The van der Waals surface area contributed by atoms with Crippen molar-refractivity contribution in [3.05, 3.63) is 125 Å². The van der Waals surface area contributed by atoms with Gasteiger partial charge in [-0.05, 0) is 78.1 Å². The summed E-state index contributed by atoms with van der Waals surface area (Å²) >= 11 is 0. The average molecular weight is 448 g/mol. The van der Waals surface area contributed by atoms with E-state index in [2.05, 4.69) is 113 Å². The Kier molecular flexibility index (Phi) is 4.01. The van der Waals surface area contributed by atoms with Crippen molar-refractivity contribution in [3.63, 3.8) is 0 Å². The Morgan fingerprint density at radius 2 is 1.20 bits per heavy atom. The molecule has 0 unspecified atom stereocenters. The van der Waals surface area contributed by atoms with Crippen LogP contribution in [0.25, 0.3) is 0 Å². The minimum absolute atomic E-state index is 0.290. The average Bonchev–Trinajstić information content (AvgIpc) is 3.51. The standard InChI is InChI=1S/C32H25BN2/c1-3-12-23(13-4-1)34-27-18-8-7-17-26(27)33-31-25-16-9-11-22(25)21-30(31)35(24-14-5-2-6-15-24)29-20-10-19-28(34)32(29)33/h1-8,10,12-15,17-20H,9,11,16,21H2. The predicted octanol–water partition coefficient (Wildman–Crippen LogP) is 6.91. The normalized spacial score (nSPS) is 17.4. The Bertz CT molecular complexity index is 1550. The number of rotatable bonds is 2. The van der Waals surface area contributed by atoms with Crippen LogP contribution in [0.4, 0.5) is 28.4 Å². The van der Waals surface area contributed by atoms with Gasteiger partial charge in [0.2, 0.25) is 0 Å². The number of nitrogens with zero attached hydrogens (tertiary/aromatic N) is 2. The first-order chi connectivity index (χ1) is 17.4. The minimum Gasteiger partial charge on any atom is -0.315 e. The molecule has 2 heterocycles. The van der Waals surface area contributed by atoms with E-state index in [4.69, 9.17) is 0 Å². The Morgan fingerprint density at radius 3 is 1.97 bits per heavy atom. The summed E-state index contributed by atoms with van der Waals surface area (Å²) in [6.45, 7) is 0.290. The second kappa shape index (κ2) is 7.26. The second-order valence-corrected chi connectivity index (χ2v) is 10.0. The second-order valence-electron chi connectivity index (χ2n) is 10.0. The Labute approximate surface area is 206 Å². The topological polar surface area (TPSA) is 6.48 Å². The fraction of sp³-hybridized carbons (Fsp3) is 0.125. The molecule has 0 radical (unpaired) electrons. The summed E-state index contributed by atoms with van der Waals surface area (Å²) in [5.74, 6) is 0. The van der Waals surface area contributed by atoms with Crippen LogP contribution >= 0.6 is 0 Å². The van der Waals surface area contributed by atoms with Crippen molar-refractivity contribution in [1.29, 1.82) is 0 Å². The fourth-order valence-corrected chi connectivity index (χ4v) is 6.96. The fourth-order valence-electron chi connectivity index (χ4n) is 6.96. The van der Waals surface area contributed by atoms with Crippen LogP contribution in [0.1, 0.15) is 25.7 Å². The third kappa shape index (κ3) is 2.61. The van der Waals surface area contributed by atoms with Gasteiger partial charge in [0, 0.05) is 40.6 Å². The number of benzene rings is 4. The molecule has 4 aromatic carbocycles. The molecule has 0 atom stereocenters. The minimum atomic E-state index is 0.290. The third-order valence-electron chi connectivity index (χ3n) is 8.26. The quantitative estimate of drug-likeness (QED) is 0.308. The van der Waals surface area contributed by atoms with Gasteiger partial charge < -0.3 is 9.80 Å². The Balaban J connectivity index is 1.47. The zero-order chi connectivity index (χ0) is 22.9. The lowest BCUT2D eigenvalue weighted by Gasteiger charge is -2.44. The predicted molar refractivity (Wildman–Crippen MR) is 147 cm³/mol. The van der Waals surface area contributed by atoms with Gasteiger partial charge in [-0.1, -0.05) is 71.8 Å². The smallest absolute Gasteiger partial charge is 0.252 e. The van der Waals surface area contributed by atoms with Crippen LogP contribution in [0.5, 0.6) is 0 Å². The van der Waals surface area contributed by atoms with Crippen LogP contribution in [0.2, 0.25) is 0 Å². The number of fused-ring (bicyclic) bond motifs is 4. The molecule has 0 aromatic heterocycles. The van der Waals surface area contributed by atoms with Crippen LogP contribution in [0, 0.1) is 0 Å². The summed E-state index contributed by atoms with van der Waals surface area (Å²) in [7, 11) is 0. The van der Waals surface area contributed by atoms with Gasteiger partial charge in [-0.3, -0.25) is 0 Å². The van der Waals surface area contributed by atoms with E-state index in [1.807, 2.05) is 0 Å². The molecule has 0 fully saturated rings. The summed E-state index contributed by atoms with van der Waals surface area (Å²) < 4.78 is 0. The third-order valence-corrected chi connectivity index (χ3v) is 8.26. The lowest BCUT2D eigenvalue weighted by atomic mass is 9.32. The van der Waals surface area contributed by atoms with Gasteiger partial charge in [-0.25, -0.2) is 0 Å². The van der Waals surface area contributed by atoms with Gasteiger partial charge in [-0.2, -0.15) is 0 Å². The number of hydrogen-bond acceptors (Lipinski definition) is 2. The summed E-state index contributed by atoms with van der Waals surface area (Å²) in [4.78, 5) is 5.04. The van der Waals surface area contributed by atoms with Crippen molar-refractivity contribution >= 4 is 46.1 Å². The number of hydrogen-bond donors (Lipinski definition) is 0. The Hall–Kier alpha value is -3.98. The van der Waals surface area contributed by atoms with Gasteiger partial charge >= 0.3 is 0 Å². The van der Waals surface area contributed by atoms with Crippen LogP contribution in [0.3, 0.4) is 0 Å². The van der Waals surface area contributed by atoms with Crippen LogP contribution in [0.15, 0.2) is 125 Å². The highest BCUT2D eigenvalue weighted by molar-refractivity contribution is 6.96. The molecule has 0 spiro atoms. The van der Waals surface area contributed by atoms with Gasteiger partial charge in [0.1, 0.15) is 0 Å². The maximum atomic E-state index is 2.57. The van der Waals surface area contributed by atoms with Gasteiger partial charge in [0.05, 0.1) is 0 Å². The number of allylic oxidation sites excluding steroid dienone is 3. The molecule has 2 aliphatic carbocycles. The number of para-hydroxylation sites is 3. The Morgan fingerprint density at radius 1 is 0.571 bits per heavy atom. The highest BCUT2D eigenvalue weighted by Crippen LogP contribution is 2.52. The van der Waals surface area contributed by atoms with Crippen molar-refractivity contribution in [3.8, 4) is 0 Å². The first kappa shape index (κ1) is 19.3. The molecule has 35 heavy (non-hydrogen) atoms. The zero-order valence-corrected chi connectivity index (χ0v) is 19.6. The van der Waals surface area contributed by atoms with Gasteiger partial charge in [0.25, 0.3) is 6.71 Å². The molecular weight excluding hydrogens is 423 g/mol. The monoisotopic (exact) mass is 448 g/mol. The van der Waals surface area contributed by atoms with E-state index >= 15 is 0 Å². The number of anilines is 5. The highest BCUT2D eigenvalue weighted by Gasteiger charge is 2.47. The maximum absolute atomic E-state index is 2.57. The van der Waals surface area contributed by atoms with E-state index < -0.39 is 0 Å². The van der Waals surface area contributed by atoms with E-state index in [0.29, 0.717) is 0 Å². The molecule has 2 aliphatic heterocycles. The SMILES string of the molecule is c1ccc(N2C3=C(B4c5ccccc5N(c5ccccc5)c5cccc2c54)C2=C(CCC2)C3)cc1. The molecule has 0 saturated carbocycles. The van der Waals surface area contributed by atoms with E-state index in [0.717, 1.165) is 6.42 Å². The molecule has 4 aromatic rings. The van der Waals surface area contributed by atoms with Crippen LogP contribution < -0.4 is 20.7 Å². The lowest BCUT2D eigenvalue weighted by molar-refractivity contribution is 0.861. The molecular formula is C32H25BN2. The van der Waals surface area contributed by atoms with Gasteiger partial charge in [-0.15, -0.1) is 0 Å². The van der Waals surface area contributed by atoms with Crippen molar-refractivity contribution in [2.45, 2.75) is 25.7 Å². The molecule has 3 heteroatoms. The zero-order valence-electron chi connectivity index (χ0n) is 19.6. The summed E-state index contributed by atoms with van der Waals surface area (Å²) in [6, 6.07) is 37.8. The molecule has 0 saturated heterocycles. The first-order valence-electron chi connectivity index (χ1n) is 12.8. The molecule has 0 bridgehead atoms. The van der Waals surface area contributed by atoms with E-state index in [1.54, 1.807) is 16.6 Å². The summed E-state index contributed by atoms with van der Waals surface area (Å²) in [5.41, 5.74) is 15.7. The largest absolute Gasteiger partial charge is 0.315 e. The molecule has 0 N–H and O–H groups in total. The maximum Gasteiger partial charge on any atom is 0.252 e.